The van der Waals surface area contributed by atoms with Crippen LogP contribution in [0.15, 0.2) is 36.5 Å². The number of nitrogens with zero attached hydrogens (tertiary/aromatic N) is 4. The molecule has 0 N–H and O–H groups in total. The zero-order valence-corrected chi connectivity index (χ0v) is 23.5. The predicted octanol–water partition coefficient (Wildman–Crippen LogP) is 5.53. The number of aromatic nitrogens is 1. The molecule has 3 heterocycles. The third-order valence-corrected chi connectivity index (χ3v) is 7.75. The monoisotopic (exact) mass is 558 g/mol. The molecule has 1 aromatic carbocycles. The molecular formula is C28H32Cl2N4O4. The molecule has 202 valence electrons. The molecule has 4 rings (SSSR count). The van der Waals surface area contributed by atoms with Gasteiger partial charge in [-0.1, -0.05) is 29.3 Å². The first-order chi connectivity index (χ1) is 17.9. The Hall–Kier alpha value is -3.02. The van der Waals surface area contributed by atoms with Crippen LogP contribution in [0.4, 0.5) is 4.79 Å². The van der Waals surface area contributed by atoms with Crippen molar-refractivity contribution in [3.63, 3.8) is 0 Å². The van der Waals surface area contributed by atoms with E-state index in [2.05, 4.69) is 4.98 Å². The minimum absolute atomic E-state index is 0.0207. The van der Waals surface area contributed by atoms with Gasteiger partial charge in [0.15, 0.2) is 0 Å². The maximum absolute atomic E-state index is 13.6. The largest absolute Gasteiger partial charge is 0.474 e. The summed E-state index contributed by atoms with van der Waals surface area (Å²) in [5.41, 5.74) is 0.840. The van der Waals surface area contributed by atoms with Gasteiger partial charge in [0.05, 0.1) is 21.5 Å². The van der Waals surface area contributed by atoms with E-state index in [9.17, 15) is 9.59 Å². The molecular weight excluding hydrogens is 527 g/mol. The average Bonchev–Trinajstić information content (AvgIpc) is 3.53. The first-order valence-corrected chi connectivity index (χ1v) is 13.4. The number of hydrogen-bond donors (Lipinski definition) is 0. The van der Waals surface area contributed by atoms with Crippen LogP contribution < -0.4 is 4.74 Å². The van der Waals surface area contributed by atoms with Crippen molar-refractivity contribution in [3.05, 3.63) is 57.7 Å². The zero-order chi connectivity index (χ0) is 27.6. The summed E-state index contributed by atoms with van der Waals surface area (Å²) in [5.74, 6) is 0.0693. The second-order valence-electron chi connectivity index (χ2n) is 10.9. The van der Waals surface area contributed by atoms with E-state index in [0.29, 0.717) is 54.1 Å². The molecule has 1 aromatic heterocycles. The van der Waals surface area contributed by atoms with Gasteiger partial charge in [-0.15, -0.1) is 0 Å². The Kier molecular flexibility index (Phi) is 8.39. The number of benzene rings is 1. The van der Waals surface area contributed by atoms with Crippen LogP contribution in [0, 0.1) is 23.2 Å². The molecule has 10 heteroatoms. The van der Waals surface area contributed by atoms with Crippen molar-refractivity contribution in [2.75, 3.05) is 26.2 Å². The Morgan fingerprint density at radius 3 is 2.50 bits per heavy atom. The smallest absolute Gasteiger partial charge is 0.410 e. The molecule has 2 aromatic rings. The third-order valence-electron chi connectivity index (χ3n) is 7.01. The normalized spacial score (nSPS) is 22.2. The molecule has 0 aliphatic carbocycles. The summed E-state index contributed by atoms with van der Waals surface area (Å²) in [4.78, 5) is 33.8. The Labute approximate surface area is 233 Å². The van der Waals surface area contributed by atoms with Crippen LogP contribution in [0.25, 0.3) is 0 Å². The molecule has 0 bridgehead atoms. The first-order valence-electron chi connectivity index (χ1n) is 12.7. The Bertz CT molecular complexity index is 1220. The Morgan fingerprint density at radius 1 is 1.11 bits per heavy atom. The fourth-order valence-corrected chi connectivity index (χ4v) is 5.39. The van der Waals surface area contributed by atoms with Crippen molar-refractivity contribution < 1.29 is 19.1 Å². The van der Waals surface area contributed by atoms with Gasteiger partial charge in [0, 0.05) is 50.3 Å². The van der Waals surface area contributed by atoms with E-state index in [1.165, 1.54) is 6.20 Å². The number of rotatable bonds is 5. The maximum atomic E-state index is 13.6. The number of pyridine rings is 1. The SMILES string of the molecule is C[C@H](Oc1ccc(C#N)cn1)[C@H]1CN(C(=O)[C@H]2CCN(C(=O)OC(C)(C)C)C2)C[C@@H]1c1ccc(Cl)c(Cl)c1. The van der Waals surface area contributed by atoms with E-state index in [0.717, 1.165) is 5.56 Å². The van der Waals surface area contributed by atoms with Gasteiger partial charge in [0.2, 0.25) is 11.8 Å². The maximum Gasteiger partial charge on any atom is 0.410 e. The van der Waals surface area contributed by atoms with Gasteiger partial charge in [-0.05, 0) is 57.9 Å². The minimum atomic E-state index is -0.589. The lowest BCUT2D eigenvalue weighted by molar-refractivity contribution is -0.134. The molecule has 8 nitrogen and oxygen atoms in total. The highest BCUT2D eigenvalue weighted by molar-refractivity contribution is 6.42. The van der Waals surface area contributed by atoms with Gasteiger partial charge in [-0.3, -0.25) is 4.79 Å². The van der Waals surface area contributed by atoms with Crippen molar-refractivity contribution in [1.82, 2.24) is 14.8 Å². The van der Waals surface area contributed by atoms with Gasteiger partial charge < -0.3 is 19.3 Å². The first kappa shape index (κ1) is 28.0. The molecule has 4 atom stereocenters. The van der Waals surface area contributed by atoms with Crippen molar-refractivity contribution in [3.8, 4) is 11.9 Å². The van der Waals surface area contributed by atoms with E-state index in [4.69, 9.17) is 37.9 Å². The van der Waals surface area contributed by atoms with Gasteiger partial charge in [0.25, 0.3) is 0 Å². The number of carbonyl (C=O) groups excluding carboxylic acids is 2. The second-order valence-corrected chi connectivity index (χ2v) is 11.7. The summed E-state index contributed by atoms with van der Waals surface area (Å²) >= 11 is 12.5. The molecule has 2 amide bonds. The zero-order valence-electron chi connectivity index (χ0n) is 22.0. The molecule has 2 fully saturated rings. The van der Waals surface area contributed by atoms with Crippen LogP contribution in [0.5, 0.6) is 5.88 Å². The number of hydrogen-bond acceptors (Lipinski definition) is 6. The summed E-state index contributed by atoms with van der Waals surface area (Å²) in [6, 6.07) is 10.9. The predicted molar refractivity (Wildman–Crippen MR) is 144 cm³/mol. The molecule has 0 unspecified atom stereocenters. The Balaban J connectivity index is 1.50. The second kappa shape index (κ2) is 11.4. The van der Waals surface area contributed by atoms with Crippen LogP contribution in [-0.4, -0.2) is 64.7 Å². The number of likely N-dealkylation sites (tertiary alicyclic amines) is 2. The Morgan fingerprint density at radius 2 is 1.87 bits per heavy atom. The number of carbonyl (C=O) groups is 2. The average molecular weight is 559 g/mol. The summed E-state index contributed by atoms with van der Waals surface area (Å²) < 4.78 is 11.7. The number of amides is 2. The van der Waals surface area contributed by atoms with Crippen molar-refractivity contribution in [2.24, 2.45) is 11.8 Å². The van der Waals surface area contributed by atoms with E-state index < -0.39 is 11.7 Å². The molecule has 0 radical (unpaired) electrons. The van der Waals surface area contributed by atoms with Gasteiger partial charge in [0.1, 0.15) is 17.8 Å². The van der Waals surface area contributed by atoms with Crippen molar-refractivity contribution >= 4 is 35.2 Å². The van der Waals surface area contributed by atoms with Gasteiger partial charge in [-0.2, -0.15) is 5.26 Å². The summed E-state index contributed by atoms with van der Waals surface area (Å²) in [6.07, 6.45) is 1.39. The molecule has 2 aliphatic rings. The van der Waals surface area contributed by atoms with Crippen LogP contribution in [0.3, 0.4) is 0 Å². The molecule has 2 aliphatic heterocycles. The third kappa shape index (κ3) is 6.51. The lowest BCUT2D eigenvalue weighted by Gasteiger charge is -2.26. The topological polar surface area (TPSA) is 95.8 Å². The van der Waals surface area contributed by atoms with E-state index in [1.807, 2.05) is 50.8 Å². The van der Waals surface area contributed by atoms with E-state index in [-0.39, 0.29) is 29.8 Å². The fourth-order valence-electron chi connectivity index (χ4n) is 5.09. The van der Waals surface area contributed by atoms with Crippen LogP contribution in [-0.2, 0) is 9.53 Å². The molecule has 0 saturated carbocycles. The quantitative estimate of drug-likeness (QED) is 0.478. The highest BCUT2D eigenvalue weighted by Gasteiger charge is 2.43. The highest BCUT2D eigenvalue weighted by Crippen LogP contribution is 2.39. The highest BCUT2D eigenvalue weighted by atomic mass is 35.5. The van der Waals surface area contributed by atoms with E-state index in [1.54, 1.807) is 23.1 Å². The molecule has 0 spiro atoms. The van der Waals surface area contributed by atoms with Crippen molar-refractivity contribution in [1.29, 1.82) is 5.26 Å². The van der Waals surface area contributed by atoms with E-state index >= 15 is 0 Å². The summed E-state index contributed by atoms with van der Waals surface area (Å²) in [6.45, 7) is 9.26. The number of nitriles is 1. The minimum Gasteiger partial charge on any atom is -0.474 e. The lowest BCUT2D eigenvalue weighted by atomic mass is 9.86. The molecule has 2 saturated heterocycles. The number of halogens is 2. The standard InChI is InChI=1S/C28H32Cl2N4O4/c1-17(37-25-8-5-18(12-31)13-32-25)21-15-34(16-22(21)19-6-7-23(29)24(30)11-19)26(35)20-9-10-33(14-20)27(36)38-28(2,3)4/h5-8,11,13,17,20-22H,9-10,14-16H2,1-4H3/t17-,20-,21+,22+/m0/s1. The summed E-state index contributed by atoms with van der Waals surface area (Å²) in [7, 11) is 0. The number of ether oxygens (including phenoxy) is 2. The summed E-state index contributed by atoms with van der Waals surface area (Å²) in [5, 5.41) is 9.96. The van der Waals surface area contributed by atoms with Gasteiger partial charge >= 0.3 is 6.09 Å². The van der Waals surface area contributed by atoms with Crippen LogP contribution in [0.1, 0.15) is 51.2 Å². The van der Waals surface area contributed by atoms with Crippen LogP contribution in [0.2, 0.25) is 10.0 Å². The van der Waals surface area contributed by atoms with Crippen LogP contribution >= 0.6 is 23.2 Å². The van der Waals surface area contributed by atoms with Gasteiger partial charge in [-0.25, -0.2) is 9.78 Å². The van der Waals surface area contributed by atoms with Crippen molar-refractivity contribution in [2.45, 2.75) is 51.7 Å². The molecule has 38 heavy (non-hydrogen) atoms. The fraction of sp³-hybridized carbons (Fsp3) is 0.500. The lowest BCUT2D eigenvalue weighted by Crippen LogP contribution is -2.39.